The van der Waals surface area contributed by atoms with Crippen LogP contribution in [0.25, 0.3) is 0 Å². The van der Waals surface area contributed by atoms with E-state index >= 15 is 0 Å². The highest BCUT2D eigenvalue weighted by Gasteiger charge is 2.27. The number of hydrogen-bond acceptors (Lipinski definition) is 3. The molecule has 6 nitrogen and oxygen atoms in total. The van der Waals surface area contributed by atoms with Gasteiger partial charge in [0.25, 0.3) is 0 Å². The van der Waals surface area contributed by atoms with Crippen LogP contribution in [-0.2, 0) is 13.1 Å². The van der Waals surface area contributed by atoms with Gasteiger partial charge in [-0.15, -0.1) is 0 Å². The van der Waals surface area contributed by atoms with Gasteiger partial charge in [0.15, 0.2) is 28.4 Å². The van der Waals surface area contributed by atoms with Crippen LogP contribution < -0.4 is 10.6 Å². The lowest BCUT2D eigenvalue weighted by Gasteiger charge is -2.11. The van der Waals surface area contributed by atoms with Crippen LogP contribution >= 0.6 is 35.4 Å². The molecule has 2 N–H and O–H groups in total. The van der Waals surface area contributed by atoms with Crippen molar-refractivity contribution < 1.29 is 22.0 Å². The SMILES string of the molecule is Cc1nn(Cc2c(F)c(F)c(F)c(F)c2F)c(C)c1NC(=S)Nc1cnn(Cc2ccc(Cl)cc2Cl)c1. The van der Waals surface area contributed by atoms with Crippen LogP contribution in [0.2, 0.25) is 10.0 Å². The van der Waals surface area contributed by atoms with Crippen LogP contribution in [0.3, 0.4) is 0 Å². The lowest BCUT2D eigenvalue weighted by Crippen LogP contribution is -2.20. The van der Waals surface area contributed by atoms with E-state index < -0.39 is 41.2 Å². The van der Waals surface area contributed by atoms with E-state index in [9.17, 15) is 22.0 Å². The molecule has 2 heterocycles. The highest BCUT2D eigenvalue weighted by molar-refractivity contribution is 7.80. The first-order valence-electron chi connectivity index (χ1n) is 10.5. The molecule has 0 unspecified atom stereocenters. The molecule has 0 radical (unpaired) electrons. The molecule has 4 aromatic rings. The molecule has 14 heteroatoms. The average Bonchev–Trinajstić information content (AvgIpc) is 3.39. The molecule has 0 bridgehead atoms. The van der Waals surface area contributed by atoms with Gasteiger partial charge in [-0.2, -0.15) is 10.2 Å². The fraction of sp³-hybridized carbons (Fsp3) is 0.174. The first kappa shape index (κ1) is 26.8. The Kier molecular flexibility index (Phi) is 7.72. The summed E-state index contributed by atoms with van der Waals surface area (Å²) in [6.45, 7) is 2.87. The highest BCUT2D eigenvalue weighted by atomic mass is 35.5. The second-order valence-electron chi connectivity index (χ2n) is 7.99. The Bertz CT molecular complexity index is 1490. The number of nitrogens with zero attached hydrogens (tertiary/aromatic N) is 4. The van der Waals surface area contributed by atoms with Crippen LogP contribution in [0.4, 0.5) is 33.3 Å². The van der Waals surface area contributed by atoms with Gasteiger partial charge in [0.1, 0.15) is 0 Å². The van der Waals surface area contributed by atoms with Gasteiger partial charge < -0.3 is 10.6 Å². The number of rotatable bonds is 6. The van der Waals surface area contributed by atoms with Gasteiger partial charge in [0.05, 0.1) is 47.6 Å². The Morgan fingerprint density at radius 2 is 1.59 bits per heavy atom. The first-order valence-corrected chi connectivity index (χ1v) is 11.7. The third-order valence-corrected chi connectivity index (χ3v) is 6.26. The smallest absolute Gasteiger partial charge is 0.200 e. The molecule has 4 rings (SSSR count). The van der Waals surface area contributed by atoms with E-state index in [1.165, 1.54) is 0 Å². The van der Waals surface area contributed by atoms with E-state index in [0.717, 1.165) is 10.2 Å². The molecule has 194 valence electrons. The van der Waals surface area contributed by atoms with Crippen molar-refractivity contribution >= 4 is 51.9 Å². The van der Waals surface area contributed by atoms with Gasteiger partial charge in [-0.05, 0) is 43.8 Å². The number of aryl methyl sites for hydroxylation is 1. The quantitative estimate of drug-likeness (QED) is 0.117. The van der Waals surface area contributed by atoms with Crippen molar-refractivity contribution in [1.29, 1.82) is 0 Å². The summed E-state index contributed by atoms with van der Waals surface area (Å²) in [5.41, 5.74) is 1.53. The molecule has 2 aromatic heterocycles. The summed E-state index contributed by atoms with van der Waals surface area (Å²) in [6.07, 6.45) is 3.25. The zero-order chi connectivity index (χ0) is 27.0. The summed E-state index contributed by atoms with van der Waals surface area (Å²) in [6, 6.07) is 5.15. The lowest BCUT2D eigenvalue weighted by atomic mass is 10.1. The van der Waals surface area contributed by atoms with Crippen LogP contribution in [0.1, 0.15) is 22.5 Å². The van der Waals surface area contributed by atoms with Gasteiger partial charge in [0, 0.05) is 16.2 Å². The first-order chi connectivity index (χ1) is 17.5. The summed E-state index contributed by atoms with van der Waals surface area (Å²) in [5, 5.41) is 15.5. The Hall–Kier alpha value is -3.22. The molecule has 37 heavy (non-hydrogen) atoms. The Morgan fingerprint density at radius 3 is 2.24 bits per heavy atom. The summed E-state index contributed by atoms with van der Waals surface area (Å²) < 4.78 is 71.5. The molecule has 0 saturated heterocycles. The van der Waals surface area contributed by atoms with Crippen LogP contribution in [-0.4, -0.2) is 24.7 Å². The third kappa shape index (κ3) is 5.55. The van der Waals surface area contributed by atoms with Crippen LogP contribution in [0.15, 0.2) is 30.6 Å². The highest BCUT2D eigenvalue weighted by Crippen LogP contribution is 2.27. The summed E-state index contributed by atoms with van der Waals surface area (Å²) in [7, 11) is 0. The number of nitrogens with one attached hydrogen (secondary N) is 2. The largest absolute Gasteiger partial charge is 0.330 e. The fourth-order valence-electron chi connectivity index (χ4n) is 3.59. The predicted octanol–water partition coefficient (Wildman–Crippen LogP) is 6.60. The molecule has 0 fully saturated rings. The van der Waals surface area contributed by atoms with Crippen molar-refractivity contribution in [2.24, 2.45) is 0 Å². The van der Waals surface area contributed by atoms with Crippen molar-refractivity contribution in [3.05, 3.63) is 92.2 Å². The van der Waals surface area contributed by atoms with Crippen molar-refractivity contribution in [3.63, 3.8) is 0 Å². The second kappa shape index (κ2) is 10.6. The lowest BCUT2D eigenvalue weighted by molar-refractivity contribution is 0.366. The van der Waals surface area contributed by atoms with Crippen molar-refractivity contribution in [2.75, 3.05) is 10.6 Å². The molecule has 0 saturated carbocycles. The molecular weight excluding hydrogens is 558 g/mol. The van der Waals surface area contributed by atoms with Crippen molar-refractivity contribution in [2.45, 2.75) is 26.9 Å². The summed E-state index contributed by atoms with van der Waals surface area (Å²) in [4.78, 5) is 0. The van der Waals surface area contributed by atoms with Gasteiger partial charge in [0.2, 0.25) is 5.82 Å². The molecule has 0 aliphatic carbocycles. The molecule has 0 aliphatic heterocycles. The maximum Gasteiger partial charge on any atom is 0.200 e. The molecule has 2 aromatic carbocycles. The van der Waals surface area contributed by atoms with Crippen molar-refractivity contribution in [3.8, 4) is 0 Å². The van der Waals surface area contributed by atoms with E-state index in [2.05, 4.69) is 20.8 Å². The number of aromatic nitrogens is 4. The number of benzene rings is 2. The van der Waals surface area contributed by atoms with Gasteiger partial charge in [-0.1, -0.05) is 29.3 Å². The second-order valence-corrected chi connectivity index (χ2v) is 9.25. The average molecular weight is 575 g/mol. The van der Waals surface area contributed by atoms with Gasteiger partial charge in [-0.3, -0.25) is 9.36 Å². The number of hydrogen-bond donors (Lipinski definition) is 2. The van der Waals surface area contributed by atoms with Gasteiger partial charge >= 0.3 is 0 Å². The van der Waals surface area contributed by atoms with E-state index in [0.29, 0.717) is 39.4 Å². The number of anilines is 2. The number of halogens is 7. The Morgan fingerprint density at radius 1 is 0.946 bits per heavy atom. The standard InChI is InChI=1S/C23H17Cl2F5N6S/c1-10-22(11(2)36(34-10)9-15-17(26)19(28)21(30)20(29)18(15)27)33-23(37)32-14-6-31-35(8-14)7-12-3-4-13(24)5-16(12)25/h3-6,8H,7,9H2,1-2H3,(H2,32,33,37). The van der Waals surface area contributed by atoms with Crippen LogP contribution in [0, 0.1) is 42.9 Å². The van der Waals surface area contributed by atoms with E-state index in [1.54, 1.807) is 49.1 Å². The van der Waals surface area contributed by atoms with Crippen molar-refractivity contribution in [1.82, 2.24) is 19.6 Å². The summed E-state index contributed by atoms with van der Waals surface area (Å²) >= 11 is 17.5. The summed E-state index contributed by atoms with van der Waals surface area (Å²) in [5.74, 6) is -10.1. The molecular formula is C23H17Cl2F5N6S. The third-order valence-electron chi connectivity index (χ3n) is 5.47. The molecule has 0 atom stereocenters. The normalized spacial score (nSPS) is 11.2. The Labute approximate surface area is 223 Å². The maximum atomic E-state index is 14.1. The van der Waals surface area contributed by atoms with E-state index in [1.807, 2.05) is 0 Å². The number of thiocarbonyl (C=S) groups is 1. The fourth-order valence-corrected chi connectivity index (χ4v) is 4.27. The van der Waals surface area contributed by atoms with Crippen LogP contribution in [0.5, 0.6) is 0 Å². The minimum absolute atomic E-state index is 0.158. The maximum absolute atomic E-state index is 14.1. The Balaban J connectivity index is 1.47. The molecule has 0 amide bonds. The zero-order valence-electron chi connectivity index (χ0n) is 19.1. The van der Waals surface area contributed by atoms with Gasteiger partial charge in [-0.25, -0.2) is 22.0 Å². The topological polar surface area (TPSA) is 59.7 Å². The minimum atomic E-state index is -2.22. The molecule has 0 aliphatic rings. The predicted molar refractivity (Wildman–Crippen MR) is 135 cm³/mol. The van der Waals surface area contributed by atoms with E-state index in [4.69, 9.17) is 35.4 Å². The molecule has 0 spiro atoms. The zero-order valence-corrected chi connectivity index (χ0v) is 21.5. The monoisotopic (exact) mass is 574 g/mol. The minimum Gasteiger partial charge on any atom is -0.330 e. The van der Waals surface area contributed by atoms with E-state index in [-0.39, 0.29) is 5.11 Å².